The van der Waals surface area contributed by atoms with Crippen molar-refractivity contribution < 1.29 is 18.1 Å². The summed E-state index contributed by atoms with van der Waals surface area (Å²) in [5.74, 6) is 5.16. The number of nitrogen functional groups attached to an aromatic ring is 1. The molecule has 1 saturated heterocycles. The number of rotatable bonds is 5. The molecule has 0 bridgehead atoms. The highest BCUT2D eigenvalue weighted by Gasteiger charge is 2.25. The van der Waals surface area contributed by atoms with Gasteiger partial charge in [-0.05, 0) is 25.0 Å². The second-order valence-corrected chi connectivity index (χ2v) is 6.33. The molecule has 1 aliphatic heterocycles. The highest BCUT2D eigenvalue weighted by molar-refractivity contribution is 7.89. The molecule has 2 rings (SSSR count). The Morgan fingerprint density at radius 2 is 2.19 bits per heavy atom. The Morgan fingerprint density at radius 1 is 1.43 bits per heavy atom. The maximum Gasteiger partial charge on any atom is 0.294 e. The van der Waals surface area contributed by atoms with E-state index < -0.39 is 20.6 Å². The third-order valence-corrected chi connectivity index (χ3v) is 4.63. The fraction of sp³-hybridized carbons (Fsp3) is 0.455. The highest BCUT2D eigenvalue weighted by Crippen LogP contribution is 2.27. The van der Waals surface area contributed by atoms with Crippen LogP contribution in [-0.2, 0) is 14.8 Å². The van der Waals surface area contributed by atoms with Crippen molar-refractivity contribution in [2.75, 3.05) is 18.6 Å². The average molecular weight is 316 g/mol. The van der Waals surface area contributed by atoms with Gasteiger partial charge >= 0.3 is 0 Å². The largest absolute Gasteiger partial charge is 0.380 e. The molecule has 1 fully saturated rings. The van der Waals surface area contributed by atoms with E-state index in [2.05, 4.69) is 10.1 Å². The van der Waals surface area contributed by atoms with Crippen LogP contribution in [0, 0.1) is 10.1 Å². The van der Waals surface area contributed by atoms with Crippen molar-refractivity contribution >= 4 is 21.4 Å². The van der Waals surface area contributed by atoms with E-state index in [1.165, 1.54) is 12.1 Å². The molecular formula is C11H16N4O5S. The summed E-state index contributed by atoms with van der Waals surface area (Å²) in [6, 6.07) is 3.16. The summed E-state index contributed by atoms with van der Waals surface area (Å²) in [6.07, 6.45) is 1.44. The maximum absolute atomic E-state index is 12.2. The second-order valence-electron chi connectivity index (χ2n) is 4.62. The summed E-state index contributed by atoms with van der Waals surface area (Å²) in [5.41, 5.74) is 1.80. The van der Waals surface area contributed by atoms with Crippen molar-refractivity contribution in [3.8, 4) is 0 Å². The number of nitro benzene ring substituents is 1. The lowest BCUT2D eigenvalue weighted by Gasteiger charge is -2.22. The van der Waals surface area contributed by atoms with Crippen molar-refractivity contribution in [3.63, 3.8) is 0 Å². The Balaban J connectivity index is 2.27. The number of anilines is 1. The molecule has 4 N–H and O–H groups in total. The van der Waals surface area contributed by atoms with Gasteiger partial charge in [0.1, 0.15) is 5.69 Å². The number of nitrogens with one attached hydrogen (secondary N) is 2. The number of sulfonamides is 1. The third kappa shape index (κ3) is 3.67. The molecule has 1 heterocycles. The molecule has 9 nitrogen and oxygen atoms in total. The summed E-state index contributed by atoms with van der Waals surface area (Å²) in [6.45, 7) is 0.907. The Labute approximate surface area is 121 Å². The SMILES string of the molecule is NNc1ccc(S(=O)(=O)NC2CCCOC2)cc1[N+](=O)[O-]. The van der Waals surface area contributed by atoms with Crippen LogP contribution < -0.4 is 16.0 Å². The zero-order valence-corrected chi connectivity index (χ0v) is 11.9. The van der Waals surface area contributed by atoms with Gasteiger partial charge in [-0.25, -0.2) is 13.1 Å². The first kappa shape index (κ1) is 15.6. The van der Waals surface area contributed by atoms with Gasteiger partial charge in [0.15, 0.2) is 0 Å². The van der Waals surface area contributed by atoms with Crippen LogP contribution in [0.25, 0.3) is 0 Å². The number of ether oxygens (including phenoxy) is 1. The number of hydrazine groups is 1. The number of benzene rings is 1. The molecule has 1 aliphatic rings. The molecule has 1 unspecified atom stereocenters. The van der Waals surface area contributed by atoms with E-state index in [0.29, 0.717) is 19.6 Å². The molecule has 21 heavy (non-hydrogen) atoms. The normalized spacial score (nSPS) is 19.2. The molecule has 10 heteroatoms. The van der Waals surface area contributed by atoms with Crippen LogP contribution in [0.2, 0.25) is 0 Å². The van der Waals surface area contributed by atoms with Crippen LogP contribution in [0.15, 0.2) is 23.1 Å². The summed E-state index contributed by atoms with van der Waals surface area (Å²) in [5, 5.41) is 10.9. The van der Waals surface area contributed by atoms with Gasteiger partial charge in [-0.1, -0.05) is 0 Å². The zero-order chi connectivity index (χ0) is 15.5. The average Bonchev–Trinajstić information content (AvgIpc) is 2.47. The number of hydrogen-bond acceptors (Lipinski definition) is 7. The third-order valence-electron chi connectivity index (χ3n) is 3.11. The van der Waals surface area contributed by atoms with Gasteiger partial charge in [-0.2, -0.15) is 0 Å². The predicted molar refractivity (Wildman–Crippen MR) is 75.1 cm³/mol. The fourth-order valence-electron chi connectivity index (χ4n) is 2.07. The number of hydrogen-bond donors (Lipinski definition) is 3. The van der Waals surface area contributed by atoms with Crippen LogP contribution in [0.3, 0.4) is 0 Å². The molecular weight excluding hydrogens is 300 g/mol. The summed E-state index contributed by atoms with van der Waals surface area (Å²) in [4.78, 5) is 10.0. The Bertz CT molecular complexity index is 628. The topological polar surface area (TPSA) is 137 Å². The van der Waals surface area contributed by atoms with Crippen LogP contribution in [0.4, 0.5) is 11.4 Å². The van der Waals surface area contributed by atoms with Gasteiger partial charge in [-0.15, -0.1) is 0 Å². The summed E-state index contributed by atoms with van der Waals surface area (Å²) >= 11 is 0. The number of nitrogens with two attached hydrogens (primary N) is 1. The summed E-state index contributed by atoms with van der Waals surface area (Å²) < 4.78 is 32.2. The second kappa shape index (κ2) is 6.35. The Morgan fingerprint density at radius 3 is 2.76 bits per heavy atom. The van der Waals surface area contributed by atoms with Gasteiger partial charge < -0.3 is 10.2 Å². The van der Waals surface area contributed by atoms with Gasteiger partial charge in [0.2, 0.25) is 10.0 Å². The maximum atomic E-state index is 12.2. The van der Waals surface area contributed by atoms with Gasteiger partial charge in [0.25, 0.3) is 5.69 Å². The van der Waals surface area contributed by atoms with Crippen molar-refractivity contribution in [1.82, 2.24) is 4.72 Å². The molecule has 1 atom stereocenters. The van der Waals surface area contributed by atoms with E-state index in [-0.39, 0.29) is 16.6 Å². The van der Waals surface area contributed by atoms with E-state index in [4.69, 9.17) is 10.6 Å². The molecule has 0 spiro atoms. The van der Waals surface area contributed by atoms with E-state index >= 15 is 0 Å². The van der Waals surface area contributed by atoms with E-state index in [1.807, 2.05) is 0 Å². The molecule has 0 aliphatic carbocycles. The van der Waals surface area contributed by atoms with Crippen molar-refractivity contribution in [3.05, 3.63) is 28.3 Å². The smallest absolute Gasteiger partial charge is 0.294 e. The minimum Gasteiger partial charge on any atom is -0.380 e. The standard InChI is InChI=1S/C11H16N4O5S/c12-13-10-4-3-9(6-11(10)15(16)17)21(18,19)14-8-2-1-5-20-7-8/h3-4,6,8,13-14H,1-2,5,7,12H2. The number of nitrogens with zero attached hydrogens (tertiary/aromatic N) is 1. The first-order valence-electron chi connectivity index (χ1n) is 6.29. The lowest BCUT2D eigenvalue weighted by Crippen LogP contribution is -2.40. The fourth-order valence-corrected chi connectivity index (χ4v) is 3.35. The van der Waals surface area contributed by atoms with E-state index in [0.717, 1.165) is 12.5 Å². The van der Waals surface area contributed by atoms with Crippen LogP contribution in [0.1, 0.15) is 12.8 Å². The molecule has 0 radical (unpaired) electrons. The predicted octanol–water partition coefficient (Wildman–Crippen LogP) is 0.338. The lowest BCUT2D eigenvalue weighted by molar-refractivity contribution is -0.384. The quantitative estimate of drug-likeness (QED) is 0.404. The Kier molecular flexibility index (Phi) is 4.73. The number of nitro groups is 1. The summed E-state index contributed by atoms with van der Waals surface area (Å²) in [7, 11) is -3.84. The van der Waals surface area contributed by atoms with Crippen molar-refractivity contribution in [1.29, 1.82) is 0 Å². The minimum atomic E-state index is -3.84. The van der Waals surface area contributed by atoms with E-state index in [9.17, 15) is 18.5 Å². The minimum absolute atomic E-state index is 0.0416. The Hall–Kier alpha value is -1.75. The first-order chi connectivity index (χ1) is 9.94. The van der Waals surface area contributed by atoms with Gasteiger partial charge in [0.05, 0.1) is 16.4 Å². The van der Waals surface area contributed by atoms with Crippen molar-refractivity contribution in [2.24, 2.45) is 5.84 Å². The van der Waals surface area contributed by atoms with Crippen LogP contribution >= 0.6 is 0 Å². The van der Waals surface area contributed by atoms with Crippen LogP contribution in [-0.4, -0.2) is 32.6 Å². The molecule has 116 valence electrons. The molecule has 0 amide bonds. The van der Waals surface area contributed by atoms with Gasteiger partial charge in [-0.3, -0.25) is 16.0 Å². The molecule has 0 saturated carbocycles. The highest BCUT2D eigenvalue weighted by atomic mass is 32.2. The van der Waals surface area contributed by atoms with E-state index in [1.54, 1.807) is 0 Å². The molecule has 1 aromatic rings. The zero-order valence-electron chi connectivity index (χ0n) is 11.1. The van der Waals surface area contributed by atoms with Crippen molar-refractivity contribution in [2.45, 2.75) is 23.8 Å². The lowest BCUT2D eigenvalue weighted by atomic mass is 10.1. The van der Waals surface area contributed by atoms with Crippen LogP contribution in [0.5, 0.6) is 0 Å². The molecule has 0 aromatic heterocycles. The first-order valence-corrected chi connectivity index (χ1v) is 7.77. The monoisotopic (exact) mass is 316 g/mol. The van der Waals surface area contributed by atoms with Gasteiger partial charge in [0, 0.05) is 18.7 Å². The molecule has 1 aromatic carbocycles.